The van der Waals surface area contributed by atoms with Crippen LogP contribution in [0.4, 0.5) is 5.95 Å². The second-order valence-corrected chi connectivity index (χ2v) is 4.93. The Bertz CT molecular complexity index is 349. The Balaban J connectivity index is 1.63. The molecule has 4 nitrogen and oxygen atoms in total. The fourth-order valence-corrected chi connectivity index (χ4v) is 2.33. The van der Waals surface area contributed by atoms with Crippen molar-refractivity contribution in [1.29, 1.82) is 0 Å². The summed E-state index contributed by atoms with van der Waals surface area (Å²) in [6.45, 7) is 3.48. The van der Waals surface area contributed by atoms with Gasteiger partial charge in [0.05, 0.1) is 12.7 Å². The first-order valence-electron chi connectivity index (χ1n) is 7.00. The van der Waals surface area contributed by atoms with E-state index in [1.807, 2.05) is 13.0 Å². The van der Waals surface area contributed by atoms with Crippen LogP contribution in [0.5, 0.6) is 0 Å². The SMILES string of the molecule is Cc1ccnc(NCCOC2CCCCCC2)n1. The molecule has 0 aromatic carbocycles. The van der Waals surface area contributed by atoms with Gasteiger partial charge in [0.2, 0.25) is 5.95 Å². The van der Waals surface area contributed by atoms with Gasteiger partial charge in [0.15, 0.2) is 0 Å². The summed E-state index contributed by atoms with van der Waals surface area (Å²) in [5.74, 6) is 0.694. The maximum atomic E-state index is 5.90. The number of ether oxygens (including phenoxy) is 1. The summed E-state index contributed by atoms with van der Waals surface area (Å²) in [6, 6.07) is 1.90. The Labute approximate surface area is 109 Å². The first-order valence-corrected chi connectivity index (χ1v) is 7.00. The minimum absolute atomic E-state index is 0.465. The largest absolute Gasteiger partial charge is 0.376 e. The van der Waals surface area contributed by atoms with Crippen LogP contribution < -0.4 is 5.32 Å². The zero-order chi connectivity index (χ0) is 12.6. The molecule has 0 bridgehead atoms. The van der Waals surface area contributed by atoms with Gasteiger partial charge in [-0.05, 0) is 25.8 Å². The third kappa shape index (κ3) is 4.61. The quantitative estimate of drug-likeness (QED) is 0.644. The van der Waals surface area contributed by atoms with Crippen molar-refractivity contribution in [2.24, 2.45) is 0 Å². The van der Waals surface area contributed by atoms with Gasteiger partial charge in [-0.3, -0.25) is 0 Å². The lowest BCUT2D eigenvalue weighted by molar-refractivity contribution is 0.0501. The van der Waals surface area contributed by atoms with Crippen molar-refractivity contribution in [2.45, 2.75) is 51.6 Å². The van der Waals surface area contributed by atoms with Crippen molar-refractivity contribution in [3.05, 3.63) is 18.0 Å². The first kappa shape index (κ1) is 13.3. The summed E-state index contributed by atoms with van der Waals surface area (Å²) in [5.41, 5.74) is 0.984. The lowest BCUT2D eigenvalue weighted by Crippen LogP contribution is -2.18. The molecule has 1 saturated carbocycles. The van der Waals surface area contributed by atoms with Crippen LogP contribution in [0.1, 0.15) is 44.2 Å². The van der Waals surface area contributed by atoms with Gasteiger partial charge >= 0.3 is 0 Å². The fraction of sp³-hybridized carbons (Fsp3) is 0.714. The van der Waals surface area contributed by atoms with Crippen molar-refractivity contribution in [2.75, 3.05) is 18.5 Å². The van der Waals surface area contributed by atoms with Crippen molar-refractivity contribution in [1.82, 2.24) is 9.97 Å². The van der Waals surface area contributed by atoms with E-state index in [-0.39, 0.29) is 0 Å². The van der Waals surface area contributed by atoms with Crippen LogP contribution >= 0.6 is 0 Å². The van der Waals surface area contributed by atoms with Crippen molar-refractivity contribution >= 4 is 5.95 Å². The lowest BCUT2D eigenvalue weighted by Gasteiger charge is -2.15. The van der Waals surface area contributed by atoms with Gasteiger partial charge in [-0.25, -0.2) is 9.97 Å². The van der Waals surface area contributed by atoms with Gasteiger partial charge in [0, 0.05) is 18.4 Å². The standard InChI is InChI=1S/C14H23N3O/c1-12-8-9-15-14(17-12)16-10-11-18-13-6-4-2-3-5-7-13/h8-9,13H,2-7,10-11H2,1H3,(H,15,16,17). The number of aryl methyl sites for hydroxylation is 1. The molecule has 0 saturated heterocycles. The van der Waals surface area contributed by atoms with E-state index in [1.54, 1.807) is 6.20 Å². The molecular weight excluding hydrogens is 226 g/mol. The van der Waals surface area contributed by atoms with E-state index < -0.39 is 0 Å². The lowest BCUT2D eigenvalue weighted by atomic mass is 10.1. The molecule has 4 heteroatoms. The minimum Gasteiger partial charge on any atom is -0.376 e. The van der Waals surface area contributed by atoms with Crippen molar-refractivity contribution in [3.63, 3.8) is 0 Å². The maximum Gasteiger partial charge on any atom is 0.222 e. The second kappa shape index (κ2) is 7.31. The van der Waals surface area contributed by atoms with Crippen molar-refractivity contribution < 1.29 is 4.74 Å². The van der Waals surface area contributed by atoms with Crippen LogP contribution in [0.25, 0.3) is 0 Å². The molecule has 18 heavy (non-hydrogen) atoms. The Morgan fingerprint density at radius 1 is 1.28 bits per heavy atom. The number of nitrogens with one attached hydrogen (secondary N) is 1. The molecule has 0 radical (unpaired) electrons. The van der Waals surface area contributed by atoms with E-state index in [9.17, 15) is 0 Å². The highest BCUT2D eigenvalue weighted by Gasteiger charge is 2.11. The zero-order valence-corrected chi connectivity index (χ0v) is 11.2. The second-order valence-electron chi connectivity index (χ2n) is 4.93. The highest BCUT2D eigenvalue weighted by atomic mass is 16.5. The molecule has 1 heterocycles. The van der Waals surface area contributed by atoms with Crippen LogP contribution in [0, 0.1) is 6.92 Å². The summed E-state index contributed by atoms with van der Waals surface area (Å²) in [5, 5.41) is 3.19. The van der Waals surface area contributed by atoms with E-state index in [4.69, 9.17) is 4.74 Å². The number of hydrogen-bond donors (Lipinski definition) is 1. The molecule has 0 amide bonds. The summed E-state index contributed by atoms with van der Waals surface area (Å²) in [6.07, 6.45) is 10.1. The summed E-state index contributed by atoms with van der Waals surface area (Å²) in [4.78, 5) is 8.46. The monoisotopic (exact) mass is 249 g/mol. The topological polar surface area (TPSA) is 47.0 Å². The molecule has 1 aromatic heterocycles. The number of nitrogens with zero attached hydrogens (tertiary/aromatic N) is 2. The fourth-order valence-electron chi connectivity index (χ4n) is 2.33. The number of rotatable bonds is 5. The Morgan fingerprint density at radius 2 is 2.06 bits per heavy atom. The Hall–Kier alpha value is -1.16. The zero-order valence-electron chi connectivity index (χ0n) is 11.2. The molecule has 1 fully saturated rings. The van der Waals surface area contributed by atoms with E-state index in [0.717, 1.165) is 18.8 Å². The molecule has 0 atom stereocenters. The Morgan fingerprint density at radius 3 is 2.78 bits per heavy atom. The summed E-state index contributed by atoms with van der Waals surface area (Å²) < 4.78 is 5.90. The summed E-state index contributed by atoms with van der Waals surface area (Å²) >= 11 is 0. The molecule has 1 aliphatic rings. The minimum atomic E-state index is 0.465. The first-order chi connectivity index (χ1) is 8.84. The molecule has 0 unspecified atom stereocenters. The van der Waals surface area contributed by atoms with Gasteiger partial charge in [-0.15, -0.1) is 0 Å². The van der Waals surface area contributed by atoms with Gasteiger partial charge in [0.25, 0.3) is 0 Å². The molecule has 1 N–H and O–H groups in total. The highest BCUT2D eigenvalue weighted by molar-refractivity contribution is 5.24. The number of aromatic nitrogens is 2. The average Bonchev–Trinajstić information content (AvgIpc) is 2.63. The number of anilines is 1. The molecule has 0 spiro atoms. The molecule has 2 rings (SSSR count). The van der Waals surface area contributed by atoms with Gasteiger partial charge in [-0.2, -0.15) is 0 Å². The van der Waals surface area contributed by atoms with E-state index in [2.05, 4.69) is 15.3 Å². The third-order valence-electron chi connectivity index (χ3n) is 3.34. The van der Waals surface area contributed by atoms with Crippen LogP contribution in [-0.2, 0) is 4.74 Å². The van der Waals surface area contributed by atoms with Crippen molar-refractivity contribution in [3.8, 4) is 0 Å². The molecular formula is C14H23N3O. The predicted octanol–water partition coefficient (Wildman–Crippen LogP) is 2.94. The highest BCUT2D eigenvalue weighted by Crippen LogP contribution is 2.19. The van der Waals surface area contributed by atoms with E-state index >= 15 is 0 Å². The smallest absolute Gasteiger partial charge is 0.222 e. The van der Waals surface area contributed by atoms with E-state index in [0.29, 0.717) is 12.1 Å². The predicted molar refractivity (Wildman–Crippen MR) is 72.7 cm³/mol. The van der Waals surface area contributed by atoms with Crippen LogP contribution in [-0.4, -0.2) is 29.2 Å². The average molecular weight is 249 g/mol. The van der Waals surface area contributed by atoms with Crippen LogP contribution in [0.15, 0.2) is 12.3 Å². The molecule has 1 aromatic rings. The van der Waals surface area contributed by atoms with Gasteiger partial charge < -0.3 is 10.1 Å². The van der Waals surface area contributed by atoms with Gasteiger partial charge in [0.1, 0.15) is 0 Å². The van der Waals surface area contributed by atoms with Crippen LogP contribution in [0.2, 0.25) is 0 Å². The molecule has 1 aliphatic carbocycles. The molecule has 0 aliphatic heterocycles. The van der Waals surface area contributed by atoms with Gasteiger partial charge in [-0.1, -0.05) is 25.7 Å². The summed E-state index contributed by atoms with van der Waals surface area (Å²) in [7, 11) is 0. The third-order valence-corrected chi connectivity index (χ3v) is 3.34. The molecule has 100 valence electrons. The normalized spacial score (nSPS) is 17.4. The Kier molecular flexibility index (Phi) is 5.39. The number of hydrogen-bond acceptors (Lipinski definition) is 4. The van der Waals surface area contributed by atoms with E-state index in [1.165, 1.54) is 38.5 Å². The maximum absolute atomic E-state index is 5.90. The van der Waals surface area contributed by atoms with Crippen LogP contribution in [0.3, 0.4) is 0 Å².